The van der Waals surface area contributed by atoms with Gasteiger partial charge in [-0.05, 0) is 29.6 Å². The van der Waals surface area contributed by atoms with Gasteiger partial charge in [-0.15, -0.1) is 0 Å². The molecular weight excluding hydrogens is 284 g/mol. The lowest BCUT2D eigenvalue weighted by molar-refractivity contribution is -0.114. The van der Waals surface area contributed by atoms with Crippen molar-refractivity contribution in [2.75, 3.05) is 6.26 Å². The average molecular weight is 298 g/mol. The van der Waals surface area contributed by atoms with Gasteiger partial charge in [-0.2, -0.15) is 0 Å². The third-order valence-corrected chi connectivity index (χ3v) is 3.82. The SMILES string of the molecule is C=C(NC(=O)C(=C)c1ccc(S(C)(=O)=O)cc1)SN. The van der Waals surface area contributed by atoms with Gasteiger partial charge >= 0.3 is 0 Å². The van der Waals surface area contributed by atoms with Crippen molar-refractivity contribution < 1.29 is 13.2 Å². The number of amides is 1. The van der Waals surface area contributed by atoms with Crippen LogP contribution in [0.15, 0.2) is 47.3 Å². The minimum Gasteiger partial charge on any atom is -0.316 e. The fourth-order valence-electron chi connectivity index (χ4n) is 1.27. The van der Waals surface area contributed by atoms with Gasteiger partial charge in [0, 0.05) is 11.8 Å². The molecule has 3 N–H and O–H groups in total. The Hall–Kier alpha value is -1.57. The molecule has 0 aliphatic rings. The lowest BCUT2D eigenvalue weighted by atomic mass is 10.1. The molecule has 0 atom stereocenters. The quantitative estimate of drug-likeness (QED) is 0.632. The second-order valence-electron chi connectivity index (χ2n) is 3.77. The van der Waals surface area contributed by atoms with E-state index in [4.69, 9.17) is 5.14 Å². The second kappa shape index (κ2) is 6.05. The molecule has 1 amide bonds. The maximum atomic E-state index is 11.7. The molecule has 0 bridgehead atoms. The van der Waals surface area contributed by atoms with Gasteiger partial charge in [-0.1, -0.05) is 25.3 Å². The standard InChI is InChI=1S/C12H14N2O3S2/c1-8(12(15)14-9(2)18-13)10-4-6-11(7-5-10)19(3,16)17/h4-7H,1-2,13H2,3H3,(H,14,15). The molecule has 102 valence electrons. The van der Waals surface area contributed by atoms with Crippen molar-refractivity contribution in [2.24, 2.45) is 5.14 Å². The highest BCUT2D eigenvalue weighted by molar-refractivity contribution is 8.00. The average Bonchev–Trinajstić information content (AvgIpc) is 2.36. The van der Waals surface area contributed by atoms with E-state index < -0.39 is 15.7 Å². The Kier molecular flexibility index (Phi) is 4.93. The molecule has 0 saturated heterocycles. The Morgan fingerprint density at radius 2 is 1.79 bits per heavy atom. The van der Waals surface area contributed by atoms with Gasteiger partial charge in [0.2, 0.25) is 0 Å². The van der Waals surface area contributed by atoms with E-state index in [1.54, 1.807) is 0 Å². The zero-order valence-corrected chi connectivity index (χ0v) is 12.0. The Balaban J connectivity index is 2.90. The van der Waals surface area contributed by atoms with Crippen LogP contribution < -0.4 is 10.5 Å². The zero-order chi connectivity index (χ0) is 14.6. The fourth-order valence-corrected chi connectivity index (χ4v) is 2.05. The molecule has 0 aliphatic heterocycles. The molecule has 0 spiro atoms. The van der Waals surface area contributed by atoms with Crippen molar-refractivity contribution in [1.82, 2.24) is 5.32 Å². The van der Waals surface area contributed by atoms with Crippen molar-refractivity contribution in [3.8, 4) is 0 Å². The smallest absolute Gasteiger partial charge is 0.256 e. The van der Waals surface area contributed by atoms with E-state index in [0.29, 0.717) is 10.6 Å². The van der Waals surface area contributed by atoms with Crippen molar-refractivity contribution in [1.29, 1.82) is 0 Å². The Morgan fingerprint density at radius 3 is 2.21 bits per heavy atom. The van der Waals surface area contributed by atoms with Crippen LogP contribution in [0.1, 0.15) is 5.56 Å². The topological polar surface area (TPSA) is 89.3 Å². The summed E-state index contributed by atoms with van der Waals surface area (Å²) in [5.41, 5.74) is 0.731. The van der Waals surface area contributed by atoms with Crippen LogP contribution in [-0.2, 0) is 14.6 Å². The normalized spacial score (nSPS) is 10.8. The first-order valence-electron chi connectivity index (χ1n) is 5.12. The maximum absolute atomic E-state index is 11.7. The molecule has 1 rings (SSSR count). The molecule has 7 heteroatoms. The number of nitrogens with two attached hydrogens (primary N) is 1. The van der Waals surface area contributed by atoms with Gasteiger partial charge in [-0.3, -0.25) is 9.93 Å². The number of benzene rings is 1. The molecule has 0 fully saturated rings. The van der Waals surface area contributed by atoms with Crippen molar-refractivity contribution in [3.63, 3.8) is 0 Å². The van der Waals surface area contributed by atoms with Crippen molar-refractivity contribution in [3.05, 3.63) is 48.0 Å². The van der Waals surface area contributed by atoms with Crippen molar-refractivity contribution in [2.45, 2.75) is 4.90 Å². The van der Waals surface area contributed by atoms with Crippen LogP contribution in [0.25, 0.3) is 5.57 Å². The molecule has 0 unspecified atom stereocenters. The monoisotopic (exact) mass is 298 g/mol. The van der Waals surface area contributed by atoms with Gasteiger partial charge in [0.05, 0.1) is 9.92 Å². The van der Waals surface area contributed by atoms with Crippen LogP contribution in [0.5, 0.6) is 0 Å². The van der Waals surface area contributed by atoms with Crippen molar-refractivity contribution >= 4 is 33.3 Å². The van der Waals surface area contributed by atoms with Gasteiger partial charge in [0.1, 0.15) is 0 Å². The molecular formula is C12H14N2O3S2. The number of hydrogen-bond donors (Lipinski definition) is 2. The first-order chi connectivity index (χ1) is 8.75. The Labute approximate surface area is 116 Å². The van der Waals surface area contributed by atoms with Crippen LogP contribution >= 0.6 is 11.9 Å². The minimum atomic E-state index is -3.25. The molecule has 5 nitrogen and oxygen atoms in total. The molecule has 0 aromatic heterocycles. The maximum Gasteiger partial charge on any atom is 0.256 e. The highest BCUT2D eigenvalue weighted by atomic mass is 32.2. The number of hydrogen-bond acceptors (Lipinski definition) is 5. The van der Waals surface area contributed by atoms with E-state index in [2.05, 4.69) is 18.5 Å². The molecule has 0 aliphatic carbocycles. The molecule has 1 aromatic carbocycles. The summed E-state index contributed by atoms with van der Waals surface area (Å²) in [6.07, 6.45) is 1.12. The molecule has 0 radical (unpaired) electrons. The van der Waals surface area contributed by atoms with Crippen LogP contribution in [0.2, 0.25) is 0 Å². The number of rotatable bonds is 5. The lowest BCUT2D eigenvalue weighted by Crippen LogP contribution is -2.22. The van der Waals surface area contributed by atoms with Crippen LogP contribution in [-0.4, -0.2) is 20.6 Å². The molecule has 0 saturated carbocycles. The van der Waals surface area contributed by atoms with E-state index in [9.17, 15) is 13.2 Å². The highest BCUT2D eigenvalue weighted by Crippen LogP contribution is 2.17. The van der Waals surface area contributed by atoms with E-state index in [-0.39, 0.29) is 10.5 Å². The third-order valence-electron chi connectivity index (χ3n) is 2.30. The van der Waals surface area contributed by atoms with Gasteiger partial charge in [0.25, 0.3) is 5.91 Å². The zero-order valence-electron chi connectivity index (χ0n) is 10.3. The molecule has 19 heavy (non-hydrogen) atoms. The summed E-state index contributed by atoms with van der Waals surface area (Å²) < 4.78 is 22.6. The summed E-state index contributed by atoms with van der Waals surface area (Å²) in [7, 11) is -3.25. The van der Waals surface area contributed by atoms with E-state index in [1.807, 2.05) is 0 Å². The van der Waals surface area contributed by atoms with E-state index in [0.717, 1.165) is 18.2 Å². The van der Waals surface area contributed by atoms with Crippen LogP contribution in [0, 0.1) is 0 Å². The predicted octanol–water partition coefficient (Wildman–Crippen LogP) is 1.30. The van der Waals surface area contributed by atoms with Crippen LogP contribution in [0.3, 0.4) is 0 Å². The molecule has 0 heterocycles. The van der Waals surface area contributed by atoms with E-state index in [1.165, 1.54) is 24.3 Å². The summed E-state index contributed by atoms with van der Waals surface area (Å²) in [6, 6.07) is 5.90. The minimum absolute atomic E-state index is 0.186. The number of sulfone groups is 1. The van der Waals surface area contributed by atoms with Gasteiger partial charge < -0.3 is 5.32 Å². The van der Waals surface area contributed by atoms with Crippen LogP contribution in [0.4, 0.5) is 0 Å². The first kappa shape index (κ1) is 15.5. The summed E-state index contributed by atoms with van der Waals surface area (Å²) in [5.74, 6) is -0.435. The first-order valence-corrected chi connectivity index (χ1v) is 7.89. The summed E-state index contributed by atoms with van der Waals surface area (Å²) >= 11 is 0.825. The summed E-state index contributed by atoms with van der Waals surface area (Å²) in [4.78, 5) is 11.9. The highest BCUT2D eigenvalue weighted by Gasteiger charge is 2.12. The van der Waals surface area contributed by atoms with E-state index >= 15 is 0 Å². The lowest BCUT2D eigenvalue weighted by Gasteiger charge is -2.08. The summed E-state index contributed by atoms with van der Waals surface area (Å²) in [5, 5.41) is 8.00. The van der Waals surface area contributed by atoms with Gasteiger partial charge in [-0.25, -0.2) is 8.42 Å². The summed E-state index contributed by atoms with van der Waals surface area (Å²) in [6.45, 7) is 7.17. The third kappa shape index (κ3) is 4.23. The Bertz CT molecular complexity index is 619. The number of carbonyl (C=O) groups excluding carboxylic acids is 1. The Morgan fingerprint density at radius 1 is 1.26 bits per heavy atom. The number of nitrogens with one attached hydrogen (secondary N) is 1. The number of carbonyl (C=O) groups is 1. The second-order valence-corrected chi connectivity index (χ2v) is 6.51. The van der Waals surface area contributed by atoms with Gasteiger partial charge in [0.15, 0.2) is 9.84 Å². The largest absolute Gasteiger partial charge is 0.316 e. The fraction of sp³-hybridized carbons (Fsp3) is 0.0833. The molecule has 1 aromatic rings. The predicted molar refractivity (Wildman–Crippen MR) is 77.6 cm³/mol.